The number of hydrogen-bond donors (Lipinski definition) is 1. The number of thioether (sulfide) groups is 1. The number of hydrogen-bond acceptors (Lipinski definition) is 4. The summed E-state index contributed by atoms with van der Waals surface area (Å²) in [6.07, 6.45) is 0. The van der Waals surface area contributed by atoms with Gasteiger partial charge in [-0.1, -0.05) is 6.92 Å². The minimum absolute atomic E-state index is 0.0221. The second-order valence-electron chi connectivity index (χ2n) is 4.14. The molecule has 2 rings (SSSR count). The van der Waals surface area contributed by atoms with E-state index in [9.17, 15) is 4.79 Å². The van der Waals surface area contributed by atoms with Crippen LogP contribution in [0, 0.1) is 0 Å². The summed E-state index contributed by atoms with van der Waals surface area (Å²) in [6.45, 7) is 3.35. The molecule has 0 bridgehead atoms. The maximum Gasteiger partial charge on any atom is 0.323 e. The van der Waals surface area contributed by atoms with Crippen molar-refractivity contribution < 1.29 is 14.6 Å². The lowest BCUT2D eigenvalue weighted by Crippen LogP contribution is -2.51. The van der Waals surface area contributed by atoms with Crippen LogP contribution in [0.4, 0.5) is 5.69 Å². The van der Waals surface area contributed by atoms with Gasteiger partial charge < -0.3 is 14.7 Å². The Bertz CT molecular complexity index is 403. The van der Waals surface area contributed by atoms with Crippen LogP contribution in [0.15, 0.2) is 29.2 Å². The second kappa shape index (κ2) is 6.11. The van der Waals surface area contributed by atoms with E-state index in [1.807, 2.05) is 29.2 Å². The van der Waals surface area contributed by atoms with E-state index in [0.717, 1.165) is 11.4 Å². The van der Waals surface area contributed by atoms with Crippen molar-refractivity contribution in [1.82, 2.24) is 0 Å². The fraction of sp³-hybridized carbons (Fsp3) is 0.462. The Balaban J connectivity index is 2.11. The first-order chi connectivity index (χ1) is 8.70. The van der Waals surface area contributed by atoms with Crippen molar-refractivity contribution in [3.05, 3.63) is 24.3 Å². The summed E-state index contributed by atoms with van der Waals surface area (Å²) in [5.41, 5.74) is 0.950. The lowest BCUT2D eigenvalue weighted by atomic mass is 10.1. The van der Waals surface area contributed by atoms with E-state index in [4.69, 9.17) is 9.84 Å². The van der Waals surface area contributed by atoms with Gasteiger partial charge in [-0.3, -0.25) is 4.79 Å². The quantitative estimate of drug-likeness (QED) is 0.800. The molecule has 1 heterocycles. The molecule has 0 aliphatic carbocycles. The molecule has 0 spiro atoms. The highest BCUT2D eigenvalue weighted by molar-refractivity contribution is 7.99. The van der Waals surface area contributed by atoms with Gasteiger partial charge >= 0.3 is 5.97 Å². The van der Waals surface area contributed by atoms with Crippen LogP contribution in [-0.4, -0.2) is 42.6 Å². The first-order valence-electron chi connectivity index (χ1n) is 5.99. The van der Waals surface area contributed by atoms with Gasteiger partial charge in [0.2, 0.25) is 0 Å². The molecule has 0 radical (unpaired) electrons. The van der Waals surface area contributed by atoms with Crippen molar-refractivity contribution in [3.8, 4) is 0 Å². The summed E-state index contributed by atoms with van der Waals surface area (Å²) in [6, 6.07) is 8.24. The number of ether oxygens (including phenoxy) is 1. The van der Waals surface area contributed by atoms with Crippen LogP contribution in [0.25, 0.3) is 0 Å². The molecular formula is C13H17NO3S. The first-order valence-corrected chi connectivity index (χ1v) is 6.98. The molecule has 0 unspecified atom stereocenters. The molecule has 1 aliphatic rings. The molecule has 0 aromatic heterocycles. The standard InChI is InChI=1S/C13H17NO3S/c1-2-18-12-5-3-10(4-6-12)14(7-13(15)16)11-8-17-9-11/h3-6,11H,2,7-9H2,1H3,(H,15,16). The largest absolute Gasteiger partial charge is 0.480 e. The van der Waals surface area contributed by atoms with Gasteiger partial charge in [-0.05, 0) is 30.0 Å². The lowest BCUT2D eigenvalue weighted by Gasteiger charge is -2.37. The molecule has 1 aliphatic heterocycles. The van der Waals surface area contributed by atoms with E-state index >= 15 is 0 Å². The third kappa shape index (κ3) is 3.17. The van der Waals surface area contributed by atoms with Gasteiger partial charge in [0.1, 0.15) is 6.54 Å². The van der Waals surface area contributed by atoms with Crippen molar-refractivity contribution in [1.29, 1.82) is 0 Å². The third-order valence-corrected chi connectivity index (χ3v) is 3.74. The topological polar surface area (TPSA) is 49.8 Å². The number of carboxylic acids is 1. The number of rotatable bonds is 6. The smallest absolute Gasteiger partial charge is 0.323 e. The molecule has 0 saturated carbocycles. The van der Waals surface area contributed by atoms with Crippen molar-refractivity contribution in [2.24, 2.45) is 0 Å². The zero-order chi connectivity index (χ0) is 13.0. The Labute approximate surface area is 111 Å². The van der Waals surface area contributed by atoms with E-state index in [1.165, 1.54) is 4.90 Å². The maximum atomic E-state index is 10.9. The van der Waals surface area contributed by atoms with Crippen LogP contribution in [0.1, 0.15) is 6.92 Å². The van der Waals surface area contributed by atoms with Crippen molar-refractivity contribution in [3.63, 3.8) is 0 Å². The molecule has 1 aromatic carbocycles. The van der Waals surface area contributed by atoms with E-state index < -0.39 is 5.97 Å². The number of anilines is 1. The summed E-state index contributed by atoms with van der Waals surface area (Å²) in [5.74, 6) is 0.225. The zero-order valence-electron chi connectivity index (χ0n) is 10.3. The molecule has 98 valence electrons. The highest BCUT2D eigenvalue weighted by atomic mass is 32.2. The van der Waals surface area contributed by atoms with Crippen molar-refractivity contribution in [2.75, 3.05) is 30.4 Å². The number of carboxylic acid groups (broad SMARTS) is 1. The monoisotopic (exact) mass is 267 g/mol. The molecule has 4 nitrogen and oxygen atoms in total. The Morgan fingerprint density at radius 1 is 1.44 bits per heavy atom. The number of carbonyl (C=O) groups is 1. The molecule has 18 heavy (non-hydrogen) atoms. The maximum absolute atomic E-state index is 10.9. The van der Waals surface area contributed by atoms with Crippen LogP contribution < -0.4 is 4.90 Å². The van der Waals surface area contributed by atoms with Gasteiger partial charge in [-0.2, -0.15) is 0 Å². The van der Waals surface area contributed by atoms with Gasteiger partial charge in [0.25, 0.3) is 0 Å². The number of aliphatic carboxylic acids is 1. The number of benzene rings is 1. The Morgan fingerprint density at radius 2 is 2.11 bits per heavy atom. The average Bonchev–Trinajstić information content (AvgIpc) is 2.27. The van der Waals surface area contributed by atoms with E-state index in [0.29, 0.717) is 13.2 Å². The molecule has 1 fully saturated rings. The van der Waals surface area contributed by atoms with Gasteiger partial charge in [-0.25, -0.2) is 0 Å². The lowest BCUT2D eigenvalue weighted by molar-refractivity contribution is -0.135. The van der Waals surface area contributed by atoms with Gasteiger partial charge in [0.05, 0.1) is 19.3 Å². The van der Waals surface area contributed by atoms with Crippen LogP contribution in [0.2, 0.25) is 0 Å². The molecule has 1 saturated heterocycles. The van der Waals surface area contributed by atoms with Crippen LogP contribution in [0.3, 0.4) is 0 Å². The zero-order valence-corrected chi connectivity index (χ0v) is 11.2. The fourth-order valence-corrected chi connectivity index (χ4v) is 2.54. The van der Waals surface area contributed by atoms with Crippen molar-refractivity contribution in [2.45, 2.75) is 17.9 Å². The molecule has 0 amide bonds. The summed E-state index contributed by atoms with van der Waals surface area (Å²) in [7, 11) is 0. The summed E-state index contributed by atoms with van der Waals surface area (Å²) < 4.78 is 5.14. The highest BCUT2D eigenvalue weighted by Crippen LogP contribution is 2.25. The SMILES string of the molecule is CCSc1ccc(N(CC(=O)O)C2COC2)cc1. The Hall–Kier alpha value is -1.20. The summed E-state index contributed by atoms with van der Waals surface area (Å²) >= 11 is 1.78. The van der Waals surface area contributed by atoms with Crippen LogP contribution >= 0.6 is 11.8 Å². The van der Waals surface area contributed by atoms with Crippen LogP contribution in [0.5, 0.6) is 0 Å². The van der Waals surface area contributed by atoms with Crippen LogP contribution in [-0.2, 0) is 9.53 Å². The Morgan fingerprint density at radius 3 is 2.56 bits per heavy atom. The van der Waals surface area contributed by atoms with E-state index in [-0.39, 0.29) is 12.6 Å². The van der Waals surface area contributed by atoms with Crippen molar-refractivity contribution >= 4 is 23.4 Å². The molecule has 5 heteroatoms. The summed E-state index contributed by atoms with van der Waals surface area (Å²) in [4.78, 5) is 14.0. The molecule has 1 aromatic rings. The molecule has 1 N–H and O–H groups in total. The van der Waals surface area contributed by atoms with Gasteiger partial charge in [-0.15, -0.1) is 11.8 Å². The average molecular weight is 267 g/mol. The summed E-state index contributed by atoms with van der Waals surface area (Å²) in [5, 5.41) is 8.97. The molecule has 0 atom stereocenters. The third-order valence-electron chi connectivity index (χ3n) is 2.85. The van der Waals surface area contributed by atoms with E-state index in [2.05, 4.69) is 6.92 Å². The number of nitrogens with zero attached hydrogens (tertiary/aromatic N) is 1. The predicted molar refractivity (Wildman–Crippen MR) is 72.4 cm³/mol. The second-order valence-corrected chi connectivity index (χ2v) is 5.48. The van der Waals surface area contributed by atoms with E-state index in [1.54, 1.807) is 11.8 Å². The fourth-order valence-electron chi connectivity index (χ4n) is 1.88. The van der Waals surface area contributed by atoms with Gasteiger partial charge in [0.15, 0.2) is 0 Å². The van der Waals surface area contributed by atoms with Gasteiger partial charge in [0, 0.05) is 10.6 Å². The minimum atomic E-state index is -0.811. The normalized spacial score (nSPS) is 15.2. The minimum Gasteiger partial charge on any atom is -0.480 e. The predicted octanol–water partition coefficient (Wildman–Crippen LogP) is 2.09. The molecular weight excluding hydrogens is 250 g/mol. The highest BCUT2D eigenvalue weighted by Gasteiger charge is 2.27. The first kappa shape index (κ1) is 13.2. The Kier molecular flexibility index (Phi) is 4.49.